The molecule has 2 fully saturated rings. The lowest BCUT2D eigenvalue weighted by molar-refractivity contribution is -0.126. The van der Waals surface area contributed by atoms with Gasteiger partial charge in [-0.05, 0) is 37.6 Å². The SMILES string of the molecule is CCCC(C(=O)N[C@H]1CC[C@@H]2CNC[C@@H]21)N(C)C(=O)O. The summed E-state index contributed by atoms with van der Waals surface area (Å²) < 4.78 is 0. The zero-order chi connectivity index (χ0) is 14.7. The van der Waals surface area contributed by atoms with E-state index in [-0.39, 0.29) is 11.9 Å². The maximum Gasteiger partial charge on any atom is 0.407 e. The van der Waals surface area contributed by atoms with Crippen molar-refractivity contribution >= 4 is 12.0 Å². The number of fused-ring (bicyclic) bond motifs is 1. The van der Waals surface area contributed by atoms with Crippen molar-refractivity contribution in [1.82, 2.24) is 15.5 Å². The lowest BCUT2D eigenvalue weighted by atomic mass is 9.97. The van der Waals surface area contributed by atoms with Gasteiger partial charge in [0.15, 0.2) is 0 Å². The predicted molar refractivity (Wildman–Crippen MR) is 75.5 cm³/mol. The van der Waals surface area contributed by atoms with Crippen LogP contribution in [0.25, 0.3) is 0 Å². The van der Waals surface area contributed by atoms with E-state index in [2.05, 4.69) is 10.6 Å². The molecule has 1 aliphatic heterocycles. The van der Waals surface area contributed by atoms with Crippen LogP contribution in [0.2, 0.25) is 0 Å². The maximum atomic E-state index is 12.4. The Morgan fingerprint density at radius 3 is 2.80 bits per heavy atom. The van der Waals surface area contributed by atoms with Gasteiger partial charge in [-0.1, -0.05) is 13.3 Å². The number of rotatable bonds is 5. The summed E-state index contributed by atoms with van der Waals surface area (Å²) in [6.07, 6.45) is 2.46. The first kappa shape index (κ1) is 15.1. The molecule has 114 valence electrons. The van der Waals surface area contributed by atoms with E-state index in [1.54, 1.807) is 0 Å². The molecule has 3 N–H and O–H groups in total. The Kier molecular flexibility index (Phi) is 4.86. The van der Waals surface area contributed by atoms with Gasteiger partial charge >= 0.3 is 6.09 Å². The third kappa shape index (κ3) is 3.06. The number of amides is 2. The Morgan fingerprint density at radius 1 is 1.40 bits per heavy atom. The summed E-state index contributed by atoms with van der Waals surface area (Å²) in [5.74, 6) is 1.03. The minimum Gasteiger partial charge on any atom is -0.465 e. The molecule has 1 saturated heterocycles. The number of nitrogens with one attached hydrogen (secondary N) is 2. The van der Waals surface area contributed by atoms with E-state index in [4.69, 9.17) is 5.11 Å². The molecular formula is C14H25N3O3. The van der Waals surface area contributed by atoms with E-state index in [1.165, 1.54) is 7.05 Å². The second-order valence-electron chi connectivity index (χ2n) is 5.97. The summed E-state index contributed by atoms with van der Waals surface area (Å²) in [6.45, 7) is 3.97. The lowest BCUT2D eigenvalue weighted by Gasteiger charge is -2.27. The van der Waals surface area contributed by atoms with E-state index < -0.39 is 12.1 Å². The minimum atomic E-state index is -1.05. The van der Waals surface area contributed by atoms with Gasteiger partial charge in [0.25, 0.3) is 0 Å². The molecule has 0 radical (unpaired) electrons. The van der Waals surface area contributed by atoms with Gasteiger partial charge in [-0.2, -0.15) is 0 Å². The van der Waals surface area contributed by atoms with Crippen molar-refractivity contribution in [3.05, 3.63) is 0 Å². The van der Waals surface area contributed by atoms with Crippen molar-refractivity contribution in [1.29, 1.82) is 0 Å². The summed E-state index contributed by atoms with van der Waals surface area (Å²) in [5.41, 5.74) is 0. The number of likely N-dealkylation sites (N-methyl/N-ethyl adjacent to an activating group) is 1. The largest absolute Gasteiger partial charge is 0.465 e. The van der Waals surface area contributed by atoms with Gasteiger partial charge in [-0.15, -0.1) is 0 Å². The van der Waals surface area contributed by atoms with Crippen LogP contribution in [0.15, 0.2) is 0 Å². The summed E-state index contributed by atoms with van der Waals surface area (Å²) in [4.78, 5) is 24.6. The van der Waals surface area contributed by atoms with E-state index in [0.717, 1.165) is 37.3 Å². The average molecular weight is 283 g/mol. The number of carbonyl (C=O) groups is 2. The zero-order valence-corrected chi connectivity index (χ0v) is 12.3. The third-order valence-corrected chi connectivity index (χ3v) is 4.72. The number of hydrogen-bond donors (Lipinski definition) is 3. The normalized spacial score (nSPS) is 29.8. The van der Waals surface area contributed by atoms with E-state index in [1.807, 2.05) is 6.92 Å². The highest BCUT2D eigenvalue weighted by Crippen LogP contribution is 2.34. The van der Waals surface area contributed by atoms with E-state index in [9.17, 15) is 9.59 Å². The highest BCUT2D eigenvalue weighted by atomic mass is 16.4. The Balaban J connectivity index is 1.96. The van der Waals surface area contributed by atoms with Crippen molar-refractivity contribution in [2.24, 2.45) is 11.8 Å². The number of carboxylic acid groups (broad SMARTS) is 1. The molecule has 0 aromatic carbocycles. The van der Waals surface area contributed by atoms with Crippen molar-refractivity contribution < 1.29 is 14.7 Å². The quantitative estimate of drug-likeness (QED) is 0.699. The van der Waals surface area contributed by atoms with Crippen LogP contribution in [-0.2, 0) is 4.79 Å². The fraction of sp³-hybridized carbons (Fsp3) is 0.857. The van der Waals surface area contributed by atoms with Crippen LogP contribution in [0.3, 0.4) is 0 Å². The molecule has 0 spiro atoms. The van der Waals surface area contributed by atoms with E-state index >= 15 is 0 Å². The van der Waals surface area contributed by atoms with Crippen molar-refractivity contribution in [2.45, 2.75) is 44.7 Å². The number of hydrogen-bond acceptors (Lipinski definition) is 3. The molecule has 1 aliphatic carbocycles. The van der Waals surface area contributed by atoms with Gasteiger partial charge < -0.3 is 15.7 Å². The van der Waals surface area contributed by atoms with Crippen LogP contribution in [0.4, 0.5) is 4.79 Å². The molecule has 0 aromatic heterocycles. The Labute approximate surface area is 119 Å². The Hall–Kier alpha value is -1.30. The molecule has 20 heavy (non-hydrogen) atoms. The van der Waals surface area contributed by atoms with E-state index in [0.29, 0.717) is 18.3 Å². The monoisotopic (exact) mass is 283 g/mol. The van der Waals surface area contributed by atoms with Crippen LogP contribution in [-0.4, -0.2) is 54.2 Å². The van der Waals surface area contributed by atoms with Gasteiger partial charge in [0, 0.05) is 19.6 Å². The van der Waals surface area contributed by atoms with Crippen LogP contribution < -0.4 is 10.6 Å². The maximum absolute atomic E-state index is 12.4. The third-order valence-electron chi connectivity index (χ3n) is 4.72. The molecule has 4 atom stereocenters. The molecule has 6 heteroatoms. The molecule has 1 unspecified atom stereocenters. The first-order valence-corrected chi connectivity index (χ1v) is 7.51. The van der Waals surface area contributed by atoms with Gasteiger partial charge in [-0.3, -0.25) is 9.69 Å². The Morgan fingerprint density at radius 2 is 2.15 bits per heavy atom. The molecule has 1 saturated carbocycles. The summed E-state index contributed by atoms with van der Waals surface area (Å²) in [6, 6.07) is -0.380. The van der Waals surface area contributed by atoms with Gasteiger partial charge in [0.2, 0.25) is 5.91 Å². The molecule has 2 rings (SSSR count). The predicted octanol–water partition coefficient (Wildman–Crippen LogP) is 0.879. The zero-order valence-electron chi connectivity index (χ0n) is 12.3. The molecule has 0 bridgehead atoms. The summed E-state index contributed by atoms with van der Waals surface area (Å²) in [7, 11) is 1.47. The first-order valence-electron chi connectivity index (χ1n) is 7.51. The Bertz CT molecular complexity index is 375. The van der Waals surface area contributed by atoms with Gasteiger partial charge in [0.1, 0.15) is 6.04 Å². The molecule has 2 amide bonds. The molecule has 0 aromatic rings. The number of carbonyl (C=O) groups excluding carboxylic acids is 1. The molecule has 6 nitrogen and oxygen atoms in total. The molecule has 2 aliphatic rings. The fourth-order valence-electron chi connectivity index (χ4n) is 3.51. The minimum absolute atomic E-state index is 0.144. The molecule has 1 heterocycles. The summed E-state index contributed by atoms with van der Waals surface area (Å²) in [5, 5.41) is 15.5. The van der Waals surface area contributed by atoms with Crippen LogP contribution in [0, 0.1) is 11.8 Å². The fourth-order valence-corrected chi connectivity index (χ4v) is 3.51. The molecular weight excluding hydrogens is 258 g/mol. The highest BCUT2D eigenvalue weighted by molar-refractivity contribution is 5.85. The number of nitrogens with zero attached hydrogens (tertiary/aromatic N) is 1. The lowest BCUT2D eigenvalue weighted by Crippen LogP contribution is -2.51. The van der Waals surface area contributed by atoms with Crippen LogP contribution >= 0.6 is 0 Å². The van der Waals surface area contributed by atoms with Crippen LogP contribution in [0.5, 0.6) is 0 Å². The van der Waals surface area contributed by atoms with Crippen molar-refractivity contribution in [3.63, 3.8) is 0 Å². The highest BCUT2D eigenvalue weighted by Gasteiger charge is 2.40. The van der Waals surface area contributed by atoms with Crippen molar-refractivity contribution in [3.8, 4) is 0 Å². The summed E-state index contributed by atoms with van der Waals surface area (Å²) >= 11 is 0. The smallest absolute Gasteiger partial charge is 0.407 e. The standard InChI is InChI=1S/C14H25N3O3/c1-3-4-12(17(2)14(19)20)13(18)16-11-6-5-9-7-15-8-10(9)11/h9-12,15H,3-8H2,1-2H3,(H,16,18)(H,19,20)/t9-,10+,11+,12?/m1/s1. The van der Waals surface area contributed by atoms with Gasteiger partial charge in [-0.25, -0.2) is 4.79 Å². The average Bonchev–Trinajstić information content (AvgIpc) is 3.00. The van der Waals surface area contributed by atoms with Gasteiger partial charge in [0.05, 0.1) is 0 Å². The second-order valence-corrected chi connectivity index (χ2v) is 5.97. The second kappa shape index (κ2) is 6.43. The topological polar surface area (TPSA) is 81.7 Å². The van der Waals surface area contributed by atoms with Crippen molar-refractivity contribution in [2.75, 3.05) is 20.1 Å². The first-order chi connectivity index (χ1) is 9.54. The van der Waals surface area contributed by atoms with Crippen LogP contribution in [0.1, 0.15) is 32.6 Å².